The highest BCUT2D eigenvalue weighted by molar-refractivity contribution is 7.80. The summed E-state index contributed by atoms with van der Waals surface area (Å²) in [6, 6.07) is 5.38. The van der Waals surface area contributed by atoms with Gasteiger partial charge in [0, 0.05) is 0 Å². The number of amides is 1. The SMILES string of the molecule is C=CCOc1ccc(/C=C2\NC(=S)NC2=O)cc1OC. The van der Waals surface area contributed by atoms with E-state index in [4.69, 9.17) is 21.7 Å². The van der Waals surface area contributed by atoms with Gasteiger partial charge >= 0.3 is 0 Å². The van der Waals surface area contributed by atoms with Crippen LogP contribution in [0.25, 0.3) is 6.08 Å². The highest BCUT2D eigenvalue weighted by Crippen LogP contribution is 2.29. The Hall–Kier alpha value is -2.34. The van der Waals surface area contributed by atoms with Gasteiger partial charge in [0.15, 0.2) is 16.6 Å². The van der Waals surface area contributed by atoms with Crippen molar-refractivity contribution in [3.63, 3.8) is 0 Å². The number of carbonyl (C=O) groups excluding carboxylic acids is 1. The predicted molar refractivity (Wildman–Crippen MR) is 80.5 cm³/mol. The molecule has 0 spiro atoms. The molecule has 1 aliphatic rings. The minimum absolute atomic E-state index is 0.249. The van der Waals surface area contributed by atoms with E-state index in [1.165, 1.54) is 0 Å². The summed E-state index contributed by atoms with van der Waals surface area (Å²) < 4.78 is 10.7. The molecule has 2 rings (SSSR count). The highest BCUT2D eigenvalue weighted by atomic mass is 32.1. The fourth-order valence-electron chi connectivity index (χ4n) is 1.69. The number of nitrogens with one attached hydrogen (secondary N) is 2. The zero-order chi connectivity index (χ0) is 14.5. The Morgan fingerprint density at radius 1 is 1.35 bits per heavy atom. The maximum absolute atomic E-state index is 11.6. The van der Waals surface area contributed by atoms with Crippen molar-refractivity contribution in [2.75, 3.05) is 13.7 Å². The number of methoxy groups -OCH3 is 1. The minimum atomic E-state index is -0.249. The van der Waals surface area contributed by atoms with Crippen LogP contribution in [-0.2, 0) is 4.79 Å². The van der Waals surface area contributed by atoms with Gasteiger partial charge in [-0.1, -0.05) is 18.7 Å². The molecule has 5 nitrogen and oxygen atoms in total. The van der Waals surface area contributed by atoms with E-state index >= 15 is 0 Å². The fourth-order valence-corrected chi connectivity index (χ4v) is 1.89. The molecule has 1 fully saturated rings. The predicted octanol–water partition coefficient (Wildman–Crippen LogP) is 1.61. The van der Waals surface area contributed by atoms with Gasteiger partial charge in [0.1, 0.15) is 12.3 Å². The van der Waals surface area contributed by atoms with E-state index in [9.17, 15) is 4.79 Å². The summed E-state index contributed by atoms with van der Waals surface area (Å²) in [6.45, 7) is 3.99. The van der Waals surface area contributed by atoms with Gasteiger partial charge in [-0.15, -0.1) is 0 Å². The zero-order valence-corrected chi connectivity index (χ0v) is 11.8. The van der Waals surface area contributed by atoms with Crippen LogP contribution in [0.5, 0.6) is 11.5 Å². The second kappa shape index (κ2) is 6.21. The molecule has 0 saturated carbocycles. The van der Waals surface area contributed by atoms with E-state index in [-0.39, 0.29) is 5.91 Å². The molecule has 0 aliphatic carbocycles. The number of benzene rings is 1. The third-order valence-corrected chi connectivity index (χ3v) is 2.78. The first kappa shape index (κ1) is 14.1. The molecule has 1 heterocycles. The second-order valence-electron chi connectivity index (χ2n) is 3.98. The quantitative estimate of drug-likeness (QED) is 0.490. The van der Waals surface area contributed by atoms with Crippen LogP contribution in [0, 0.1) is 0 Å². The smallest absolute Gasteiger partial charge is 0.273 e. The van der Waals surface area contributed by atoms with E-state index < -0.39 is 0 Å². The summed E-state index contributed by atoms with van der Waals surface area (Å²) in [5, 5.41) is 5.59. The minimum Gasteiger partial charge on any atom is -0.493 e. The summed E-state index contributed by atoms with van der Waals surface area (Å²) in [7, 11) is 1.56. The molecule has 2 N–H and O–H groups in total. The van der Waals surface area contributed by atoms with Crippen LogP contribution in [0.4, 0.5) is 0 Å². The monoisotopic (exact) mass is 290 g/mol. The number of rotatable bonds is 5. The number of hydrogen-bond donors (Lipinski definition) is 2. The maximum atomic E-state index is 11.6. The van der Waals surface area contributed by atoms with Crippen molar-refractivity contribution in [2.45, 2.75) is 0 Å². The zero-order valence-electron chi connectivity index (χ0n) is 10.9. The Kier molecular flexibility index (Phi) is 4.37. The Labute approximate surface area is 122 Å². The summed E-state index contributed by atoms with van der Waals surface area (Å²) in [6.07, 6.45) is 3.34. The van der Waals surface area contributed by atoms with Gasteiger partial charge in [-0.3, -0.25) is 10.1 Å². The lowest BCUT2D eigenvalue weighted by atomic mass is 10.1. The summed E-state index contributed by atoms with van der Waals surface area (Å²) in [5.41, 5.74) is 1.20. The molecule has 1 aromatic rings. The highest BCUT2D eigenvalue weighted by Gasteiger charge is 2.20. The molecule has 0 aromatic heterocycles. The molecule has 0 unspecified atom stereocenters. The average Bonchev–Trinajstić information content (AvgIpc) is 2.75. The number of hydrogen-bond acceptors (Lipinski definition) is 4. The van der Waals surface area contributed by atoms with Crippen LogP contribution >= 0.6 is 12.2 Å². The van der Waals surface area contributed by atoms with E-state index in [2.05, 4.69) is 17.2 Å². The van der Waals surface area contributed by atoms with Crippen molar-refractivity contribution in [1.29, 1.82) is 0 Å². The lowest BCUT2D eigenvalue weighted by molar-refractivity contribution is -0.115. The van der Waals surface area contributed by atoms with E-state index in [0.29, 0.717) is 28.9 Å². The van der Waals surface area contributed by atoms with E-state index in [1.54, 1.807) is 31.4 Å². The van der Waals surface area contributed by atoms with Gasteiger partial charge in [0.25, 0.3) is 5.91 Å². The third-order valence-electron chi connectivity index (χ3n) is 2.58. The first-order chi connectivity index (χ1) is 9.63. The third kappa shape index (κ3) is 3.16. The summed E-state index contributed by atoms with van der Waals surface area (Å²) >= 11 is 4.87. The van der Waals surface area contributed by atoms with E-state index in [0.717, 1.165) is 5.56 Å². The molecule has 0 radical (unpaired) electrons. The molecule has 1 aromatic carbocycles. The summed E-state index contributed by atoms with van der Waals surface area (Å²) in [5.74, 6) is 0.956. The standard InChI is InChI=1S/C14H14N2O3S/c1-3-6-19-11-5-4-9(8-12(11)18-2)7-10-13(17)16-14(20)15-10/h3-5,7-8H,1,6H2,2H3,(H2,15,16,17,20)/b10-7-. The van der Waals surface area contributed by atoms with Gasteiger partial charge in [0.2, 0.25) is 0 Å². The lowest BCUT2D eigenvalue weighted by Crippen LogP contribution is -2.21. The lowest BCUT2D eigenvalue weighted by Gasteiger charge is -2.10. The van der Waals surface area contributed by atoms with Crippen molar-refractivity contribution in [3.05, 3.63) is 42.1 Å². The number of ether oxygens (including phenoxy) is 2. The van der Waals surface area contributed by atoms with Gasteiger partial charge < -0.3 is 14.8 Å². The van der Waals surface area contributed by atoms with Gasteiger partial charge in [-0.2, -0.15) is 0 Å². The van der Waals surface area contributed by atoms with Gasteiger partial charge in [0.05, 0.1) is 7.11 Å². The van der Waals surface area contributed by atoms with Crippen LogP contribution in [0.15, 0.2) is 36.6 Å². The largest absolute Gasteiger partial charge is 0.493 e. The van der Waals surface area contributed by atoms with Crippen molar-refractivity contribution in [2.24, 2.45) is 0 Å². The molecule has 20 heavy (non-hydrogen) atoms. The Morgan fingerprint density at radius 2 is 2.15 bits per heavy atom. The van der Waals surface area contributed by atoms with Crippen LogP contribution in [0.2, 0.25) is 0 Å². The van der Waals surface area contributed by atoms with Crippen LogP contribution in [0.1, 0.15) is 5.56 Å². The van der Waals surface area contributed by atoms with E-state index in [1.807, 2.05) is 6.07 Å². The maximum Gasteiger partial charge on any atom is 0.273 e. The number of carbonyl (C=O) groups is 1. The van der Waals surface area contributed by atoms with Crippen LogP contribution < -0.4 is 20.1 Å². The molecule has 0 bridgehead atoms. The van der Waals surface area contributed by atoms with Crippen molar-refractivity contribution in [1.82, 2.24) is 10.6 Å². The fraction of sp³-hybridized carbons (Fsp3) is 0.143. The molecule has 0 atom stereocenters. The Balaban J connectivity index is 2.25. The topological polar surface area (TPSA) is 59.6 Å². The Bertz CT molecular complexity index is 596. The van der Waals surface area contributed by atoms with Crippen molar-refractivity contribution >= 4 is 29.3 Å². The average molecular weight is 290 g/mol. The first-order valence-corrected chi connectivity index (χ1v) is 6.30. The Morgan fingerprint density at radius 3 is 2.75 bits per heavy atom. The first-order valence-electron chi connectivity index (χ1n) is 5.90. The normalized spacial score (nSPS) is 15.8. The van der Waals surface area contributed by atoms with Gasteiger partial charge in [-0.25, -0.2) is 0 Å². The van der Waals surface area contributed by atoms with Crippen molar-refractivity contribution < 1.29 is 14.3 Å². The number of thiocarbonyl (C=S) groups is 1. The van der Waals surface area contributed by atoms with Crippen LogP contribution in [-0.4, -0.2) is 24.7 Å². The second-order valence-corrected chi connectivity index (χ2v) is 4.38. The van der Waals surface area contributed by atoms with Crippen LogP contribution in [0.3, 0.4) is 0 Å². The molecular formula is C14H14N2O3S. The molecule has 1 amide bonds. The van der Waals surface area contributed by atoms with Crippen molar-refractivity contribution in [3.8, 4) is 11.5 Å². The molecule has 1 saturated heterocycles. The molecular weight excluding hydrogens is 276 g/mol. The summed E-state index contributed by atoms with van der Waals surface area (Å²) in [4.78, 5) is 11.6. The molecule has 6 heteroatoms. The molecule has 104 valence electrons. The molecule has 1 aliphatic heterocycles. The van der Waals surface area contributed by atoms with Gasteiger partial charge in [-0.05, 0) is 36.0 Å².